The van der Waals surface area contributed by atoms with E-state index in [0.29, 0.717) is 25.6 Å². The number of thioether (sulfide) groups is 1. The van der Waals surface area contributed by atoms with Crippen molar-refractivity contribution in [2.24, 2.45) is 5.92 Å². The molecule has 1 aliphatic carbocycles. The summed E-state index contributed by atoms with van der Waals surface area (Å²) in [6.45, 7) is 4.02. The summed E-state index contributed by atoms with van der Waals surface area (Å²) in [6, 6.07) is -0.256. The van der Waals surface area contributed by atoms with E-state index in [-0.39, 0.29) is 29.9 Å². The normalized spacial score (nSPS) is 30.0. The number of morpholine rings is 1. The number of rotatable bonds is 3. The largest absolute Gasteiger partial charge is 0.375 e. The molecule has 22 heavy (non-hydrogen) atoms. The third-order valence-electron chi connectivity index (χ3n) is 5.06. The van der Waals surface area contributed by atoms with Crippen LogP contribution in [0.5, 0.6) is 0 Å². The molecule has 3 rings (SSSR count). The van der Waals surface area contributed by atoms with Gasteiger partial charge in [0.25, 0.3) is 0 Å². The van der Waals surface area contributed by atoms with Gasteiger partial charge in [-0.3, -0.25) is 9.59 Å². The lowest BCUT2D eigenvalue weighted by Crippen LogP contribution is -2.54. The predicted octanol–water partition coefficient (Wildman–Crippen LogP) is 1.72. The number of carbonyl (C=O) groups excluding carboxylic acids is 2. The Morgan fingerprint density at radius 1 is 1.23 bits per heavy atom. The van der Waals surface area contributed by atoms with E-state index >= 15 is 0 Å². The van der Waals surface area contributed by atoms with Crippen LogP contribution in [0.25, 0.3) is 0 Å². The van der Waals surface area contributed by atoms with Crippen molar-refractivity contribution in [3.63, 3.8) is 0 Å². The lowest BCUT2D eigenvalue weighted by atomic mass is 10.1. The zero-order valence-electron chi connectivity index (χ0n) is 13.3. The van der Waals surface area contributed by atoms with Crippen LogP contribution in [-0.4, -0.2) is 65.1 Å². The van der Waals surface area contributed by atoms with E-state index in [9.17, 15) is 9.59 Å². The highest BCUT2D eigenvalue weighted by atomic mass is 32.2. The maximum Gasteiger partial charge on any atom is 0.246 e. The minimum atomic E-state index is -0.256. The van der Waals surface area contributed by atoms with Crippen molar-refractivity contribution < 1.29 is 14.3 Å². The fraction of sp³-hybridized carbons (Fsp3) is 0.875. The number of amides is 2. The molecule has 5 nitrogen and oxygen atoms in total. The van der Waals surface area contributed by atoms with Crippen LogP contribution in [0, 0.1) is 5.92 Å². The first-order valence-corrected chi connectivity index (χ1v) is 9.64. The second kappa shape index (κ2) is 7.21. The molecule has 2 atom stereocenters. The van der Waals surface area contributed by atoms with Gasteiger partial charge in [0.2, 0.25) is 11.8 Å². The van der Waals surface area contributed by atoms with Crippen molar-refractivity contribution in [2.75, 3.05) is 31.3 Å². The molecule has 2 heterocycles. The third-order valence-corrected chi connectivity index (χ3v) is 6.07. The molecule has 0 aromatic carbocycles. The standard InChI is InChI=1S/C16H26N2O3S/c1-2-13-9-17(7-8-21-13)16(20)14-10-22-11-18(14)15(19)12-5-3-4-6-12/h12-14H,2-11H2,1H3. The van der Waals surface area contributed by atoms with Gasteiger partial charge >= 0.3 is 0 Å². The van der Waals surface area contributed by atoms with Gasteiger partial charge in [0.1, 0.15) is 6.04 Å². The Bertz CT molecular complexity index is 426. The molecule has 2 amide bonds. The molecule has 0 aromatic heterocycles. The highest BCUT2D eigenvalue weighted by Crippen LogP contribution is 2.31. The van der Waals surface area contributed by atoms with Gasteiger partial charge in [-0.1, -0.05) is 19.8 Å². The third kappa shape index (κ3) is 3.27. The van der Waals surface area contributed by atoms with E-state index in [0.717, 1.165) is 37.9 Å². The molecule has 2 aliphatic heterocycles. The molecular weight excluding hydrogens is 300 g/mol. The first-order chi connectivity index (χ1) is 10.7. The molecule has 3 fully saturated rings. The molecular formula is C16H26N2O3S. The van der Waals surface area contributed by atoms with Crippen LogP contribution in [0.4, 0.5) is 0 Å². The zero-order valence-corrected chi connectivity index (χ0v) is 14.1. The molecule has 0 spiro atoms. The van der Waals surface area contributed by atoms with Crippen LogP contribution in [0.15, 0.2) is 0 Å². The number of hydrogen-bond acceptors (Lipinski definition) is 4. The van der Waals surface area contributed by atoms with E-state index in [1.807, 2.05) is 9.80 Å². The SMILES string of the molecule is CCC1CN(C(=O)C2CSCN2C(=O)C2CCCC2)CCO1. The van der Waals surface area contributed by atoms with Crippen LogP contribution in [0.2, 0.25) is 0 Å². The summed E-state index contributed by atoms with van der Waals surface area (Å²) in [7, 11) is 0. The number of nitrogens with zero attached hydrogens (tertiary/aromatic N) is 2. The highest BCUT2D eigenvalue weighted by Gasteiger charge is 2.40. The van der Waals surface area contributed by atoms with Crippen LogP contribution in [0.1, 0.15) is 39.0 Å². The average molecular weight is 326 g/mol. The lowest BCUT2D eigenvalue weighted by molar-refractivity contribution is -0.149. The Hall–Kier alpha value is -0.750. The molecule has 3 aliphatic rings. The smallest absolute Gasteiger partial charge is 0.246 e. The molecule has 0 aromatic rings. The van der Waals surface area contributed by atoms with Crippen molar-refractivity contribution in [2.45, 2.75) is 51.2 Å². The summed E-state index contributed by atoms with van der Waals surface area (Å²) in [6.07, 6.45) is 5.36. The molecule has 0 bridgehead atoms. The van der Waals surface area contributed by atoms with E-state index in [1.54, 1.807) is 11.8 Å². The molecule has 2 saturated heterocycles. The maximum absolute atomic E-state index is 12.9. The lowest BCUT2D eigenvalue weighted by Gasteiger charge is -2.36. The Kier molecular flexibility index (Phi) is 5.29. The van der Waals surface area contributed by atoms with Crippen LogP contribution in [0.3, 0.4) is 0 Å². The molecule has 0 radical (unpaired) electrons. The summed E-state index contributed by atoms with van der Waals surface area (Å²) in [5, 5.41) is 0. The van der Waals surface area contributed by atoms with Crippen molar-refractivity contribution in [1.82, 2.24) is 9.80 Å². The molecule has 2 unspecified atom stereocenters. The fourth-order valence-electron chi connectivity index (χ4n) is 3.65. The van der Waals surface area contributed by atoms with Gasteiger partial charge in [0.05, 0.1) is 18.6 Å². The van der Waals surface area contributed by atoms with Crippen molar-refractivity contribution >= 4 is 23.6 Å². The van der Waals surface area contributed by atoms with Crippen molar-refractivity contribution in [3.8, 4) is 0 Å². The topological polar surface area (TPSA) is 49.9 Å². The van der Waals surface area contributed by atoms with Crippen LogP contribution in [-0.2, 0) is 14.3 Å². The number of hydrogen-bond donors (Lipinski definition) is 0. The second-order valence-electron chi connectivity index (χ2n) is 6.49. The minimum Gasteiger partial charge on any atom is -0.375 e. The molecule has 1 saturated carbocycles. The van der Waals surface area contributed by atoms with Gasteiger partial charge in [-0.05, 0) is 19.3 Å². The Morgan fingerprint density at radius 2 is 2.00 bits per heavy atom. The number of ether oxygens (including phenoxy) is 1. The average Bonchev–Trinajstić information content (AvgIpc) is 3.24. The van der Waals surface area contributed by atoms with Crippen molar-refractivity contribution in [1.29, 1.82) is 0 Å². The van der Waals surface area contributed by atoms with E-state index < -0.39 is 0 Å². The zero-order chi connectivity index (χ0) is 15.5. The van der Waals surface area contributed by atoms with E-state index in [4.69, 9.17) is 4.74 Å². The summed E-state index contributed by atoms with van der Waals surface area (Å²) in [5.41, 5.74) is 0. The second-order valence-corrected chi connectivity index (χ2v) is 7.49. The van der Waals surface area contributed by atoms with Gasteiger partial charge in [0.15, 0.2) is 0 Å². The predicted molar refractivity (Wildman–Crippen MR) is 86.5 cm³/mol. The fourth-order valence-corrected chi connectivity index (χ4v) is 4.80. The van der Waals surface area contributed by atoms with Gasteiger partial charge in [0, 0.05) is 24.8 Å². The summed E-state index contributed by atoms with van der Waals surface area (Å²) in [5.74, 6) is 1.90. The van der Waals surface area contributed by atoms with Crippen LogP contribution >= 0.6 is 11.8 Å². The molecule has 6 heteroatoms. The first kappa shape index (κ1) is 16.1. The molecule has 124 valence electrons. The van der Waals surface area contributed by atoms with Gasteiger partial charge in [-0.2, -0.15) is 0 Å². The van der Waals surface area contributed by atoms with Gasteiger partial charge in [-0.25, -0.2) is 0 Å². The van der Waals surface area contributed by atoms with E-state index in [1.165, 1.54) is 0 Å². The van der Waals surface area contributed by atoms with Gasteiger partial charge < -0.3 is 14.5 Å². The monoisotopic (exact) mass is 326 g/mol. The van der Waals surface area contributed by atoms with E-state index in [2.05, 4.69) is 6.92 Å². The first-order valence-electron chi connectivity index (χ1n) is 8.49. The van der Waals surface area contributed by atoms with Gasteiger partial charge in [-0.15, -0.1) is 11.8 Å². The summed E-state index contributed by atoms with van der Waals surface area (Å²) >= 11 is 1.70. The van der Waals surface area contributed by atoms with Crippen LogP contribution < -0.4 is 0 Å². The highest BCUT2D eigenvalue weighted by molar-refractivity contribution is 7.99. The maximum atomic E-state index is 12.9. The quantitative estimate of drug-likeness (QED) is 0.792. The Morgan fingerprint density at radius 3 is 2.73 bits per heavy atom. The molecule has 0 N–H and O–H groups in total. The summed E-state index contributed by atoms with van der Waals surface area (Å²) < 4.78 is 5.65. The Labute approximate surface area is 136 Å². The number of carbonyl (C=O) groups is 2. The minimum absolute atomic E-state index is 0.123. The summed E-state index contributed by atoms with van der Waals surface area (Å²) in [4.78, 5) is 29.3. The Balaban J connectivity index is 1.64. The van der Waals surface area contributed by atoms with Crippen molar-refractivity contribution in [3.05, 3.63) is 0 Å².